The first-order chi connectivity index (χ1) is 14.9. The third-order valence-corrected chi connectivity index (χ3v) is 7.21. The standard InChI is InChI=1S/C24H28N2O4S/c1-4-22(30-23-13-9-11-18-10-7-8-12-21(18)23)24(27)25-19-14-16-20(17-15-19)31(28,29)26(5-2)6-3/h7-17,22H,4-6H2,1-3H3,(H,25,27)/t22-/m1/s1. The summed E-state index contributed by atoms with van der Waals surface area (Å²) in [4.78, 5) is 13.0. The Balaban J connectivity index is 1.74. The number of sulfonamides is 1. The molecule has 0 unspecified atom stereocenters. The first-order valence-electron chi connectivity index (χ1n) is 10.5. The summed E-state index contributed by atoms with van der Waals surface area (Å²) in [6, 6.07) is 19.8. The minimum atomic E-state index is -3.53. The maximum absolute atomic E-state index is 12.8. The highest BCUT2D eigenvalue weighted by atomic mass is 32.2. The molecule has 164 valence electrons. The van der Waals surface area contributed by atoms with Crippen molar-refractivity contribution in [2.45, 2.75) is 38.2 Å². The van der Waals surface area contributed by atoms with Crippen molar-refractivity contribution in [3.05, 3.63) is 66.7 Å². The van der Waals surface area contributed by atoms with Crippen LogP contribution in [0.3, 0.4) is 0 Å². The van der Waals surface area contributed by atoms with Crippen LogP contribution in [0, 0.1) is 0 Å². The molecule has 0 aromatic heterocycles. The average Bonchev–Trinajstić information content (AvgIpc) is 2.78. The predicted octanol–water partition coefficient (Wildman–Crippen LogP) is 4.67. The van der Waals surface area contributed by atoms with Crippen molar-refractivity contribution in [1.29, 1.82) is 0 Å². The van der Waals surface area contributed by atoms with Gasteiger partial charge in [-0.25, -0.2) is 8.42 Å². The normalized spacial score (nSPS) is 12.6. The Morgan fingerprint density at radius 3 is 2.23 bits per heavy atom. The van der Waals surface area contributed by atoms with Crippen LogP contribution in [0.15, 0.2) is 71.6 Å². The van der Waals surface area contributed by atoms with Gasteiger partial charge in [0.1, 0.15) is 5.75 Å². The molecule has 1 N–H and O–H groups in total. The molecule has 3 aromatic carbocycles. The van der Waals surface area contributed by atoms with E-state index in [0.717, 1.165) is 10.8 Å². The summed E-state index contributed by atoms with van der Waals surface area (Å²) in [6.07, 6.45) is -0.186. The van der Waals surface area contributed by atoms with Gasteiger partial charge in [-0.05, 0) is 42.1 Å². The molecule has 0 bridgehead atoms. The minimum absolute atomic E-state index is 0.202. The summed E-state index contributed by atoms with van der Waals surface area (Å²) in [7, 11) is -3.53. The van der Waals surface area contributed by atoms with Gasteiger partial charge in [0.2, 0.25) is 10.0 Å². The first-order valence-corrected chi connectivity index (χ1v) is 11.9. The fraction of sp³-hybridized carbons (Fsp3) is 0.292. The van der Waals surface area contributed by atoms with Crippen LogP contribution in [0.5, 0.6) is 5.75 Å². The average molecular weight is 441 g/mol. The lowest BCUT2D eigenvalue weighted by molar-refractivity contribution is -0.122. The third-order valence-electron chi connectivity index (χ3n) is 5.15. The van der Waals surface area contributed by atoms with Crippen LogP contribution in [0.1, 0.15) is 27.2 Å². The number of carbonyl (C=O) groups is 1. The van der Waals surface area contributed by atoms with Gasteiger partial charge in [-0.1, -0.05) is 57.2 Å². The van der Waals surface area contributed by atoms with Crippen LogP contribution in [-0.2, 0) is 14.8 Å². The van der Waals surface area contributed by atoms with Crippen LogP contribution in [0.2, 0.25) is 0 Å². The second-order valence-corrected chi connectivity index (χ2v) is 9.03. The molecule has 0 fully saturated rings. The summed E-state index contributed by atoms with van der Waals surface area (Å²) in [5, 5.41) is 4.81. The second-order valence-electron chi connectivity index (χ2n) is 7.09. The Bertz CT molecular complexity index is 1130. The van der Waals surface area contributed by atoms with Crippen molar-refractivity contribution in [3.63, 3.8) is 0 Å². The number of fused-ring (bicyclic) bond motifs is 1. The van der Waals surface area contributed by atoms with Gasteiger partial charge in [0.15, 0.2) is 6.10 Å². The number of nitrogens with zero attached hydrogens (tertiary/aromatic N) is 1. The maximum atomic E-state index is 12.8. The smallest absolute Gasteiger partial charge is 0.265 e. The fourth-order valence-corrected chi connectivity index (χ4v) is 4.88. The molecule has 6 nitrogen and oxygen atoms in total. The third kappa shape index (κ3) is 5.06. The zero-order chi connectivity index (χ0) is 22.4. The first kappa shape index (κ1) is 22.8. The summed E-state index contributed by atoms with van der Waals surface area (Å²) in [5.41, 5.74) is 0.517. The van der Waals surface area contributed by atoms with Crippen molar-refractivity contribution < 1.29 is 17.9 Å². The fourth-order valence-electron chi connectivity index (χ4n) is 3.42. The maximum Gasteiger partial charge on any atom is 0.265 e. The molecule has 3 aromatic rings. The topological polar surface area (TPSA) is 75.7 Å². The lowest BCUT2D eigenvalue weighted by Crippen LogP contribution is -2.32. The van der Waals surface area contributed by atoms with Crippen LogP contribution in [-0.4, -0.2) is 37.8 Å². The number of ether oxygens (including phenoxy) is 1. The zero-order valence-electron chi connectivity index (χ0n) is 18.0. The number of rotatable bonds is 9. The van der Waals surface area contributed by atoms with Crippen LogP contribution < -0.4 is 10.1 Å². The van der Waals surface area contributed by atoms with Gasteiger partial charge >= 0.3 is 0 Å². The number of carbonyl (C=O) groups excluding carboxylic acids is 1. The zero-order valence-corrected chi connectivity index (χ0v) is 18.9. The molecule has 7 heteroatoms. The molecule has 0 saturated heterocycles. The Morgan fingerprint density at radius 2 is 1.58 bits per heavy atom. The lowest BCUT2D eigenvalue weighted by atomic mass is 10.1. The number of hydrogen-bond acceptors (Lipinski definition) is 4. The Kier molecular flexibility index (Phi) is 7.30. The van der Waals surface area contributed by atoms with E-state index >= 15 is 0 Å². The van der Waals surface area contributed by atoms with E-state index in [-0.39, 0.29) is 10.8 Å². The van der Waals surface area contributed by atoms with E-state index in [1.807, 2.05) is 49.4 Å². The Morgan fingerprint density at radius 1 is 0.935 bits per heavy atom. The van der Waals surface area contributed by atoms with Gasteiger partial charge in [-0.2, -0.15) is 4.31 Å². The molecular formula is C24H28N2O4S. The number of hydrogen-bond donors (Lipinski definition) is 1. The van der Waals surface area contributed by atoms with Gasteiger partial charge in [0, 0.05) is 24.2 Å². The van der Waals surface area contributed by atoms with E-state index in [4.69, 9.17) is 4.74 Å². The molecule has 0 aliphatic rings. The van der Waals surface area contributed by atoms with E-state index in [9.17, 15) is 13.2 Å². The minimum Gasteiger partial charge on any atom is -0.480 e. The molecule has 0 aliphatic carbocycles. The van der Waals surface area contributed by atoms with Crippen molar-refractivity contribution in [2.24, 2.45) is 0 Å². The lowest BCUT2D eigenvalue weighted by Gasteiger charge is -2.20. The quantitative estimate of drug-likeness (QED) is 0.525. The van der Waals surface area contributed by atoms with Gasteiger partial charge in [-0.15, -0.1) is 0 Å². The summed E-state index contributed by atoms with van der Waals surface area (Å²) in [5.74, 6) is 0.371. The largest absolute Gasteiger partial charge is 0.480 e. The molecule has 0 spiro atoms. The highest BCUT2D eigenvalue weighted by molar-refractivity contribution is 7.89. The molecule has 1 atom stereocenters. The highest BCUT2D eigenvalue weighted by Gasteiger charge is 2.22. The van der Waals surface area contributed by atoms with Crippen LogP contribution in [0.4, 0.5) is 5.69 Å². The van der Waals surface area contributed by atoms with E-state index < -0.39 is 16.1 Å². The number of anilines is 1. The highest BCUT2D eigenvalue weighted by Crippen LogP contribution is 2.27. The van der Waals surface area contributed by atoms with E-state index in [0.29, 0.717) is 30.9 Å². The SMILES string of the molecule is CC[C@@H](Oc1cccc2ccccc12)C(=O)Nc1ccc(S(=O)(=O)N(CC)CC)cc1. The van der Waals surface area contributed by atoms with Gasteiger partial charge in [-0.3, -0.25) is 4.79 Å². The molecule has 0 radical (unpaired) electrons. The molecular weight excluding hydrogens is 412 g/mol. The molecule has 0 saturated carbocycles. The van der Waals surface area contributed by atoms with Crippen molar-refractivity contribution in [1.82, 2.24) is 4.31 Å². The van der Waals surface area contributed by atoms with Crippen LogP contribution >= 0.6 is 0 Å². The van der Waals surface area contributed by atoms with Gasteiger partial charge in [0.25, 0.3) is 5.91 Å². The number of amides is 1. The Labute approximate surface area is 183 Å². The van der Waals surface area contributed by atoms with E-state index in [2.05, 4.69) is 5.32 Å². The van der Waals surface area contributed by atoms with Gasteiger partial charge in [0.05, 0.1) is 4.90 Å². The van der Waals surface area contributed by atoms with Crippen molar-refractivity contribution in [2.75, 3.05) is 18.4 Å². The Hall–Kier alpha value is -2.90. The number of benzene rings is 3. The molecule has 31 heavy (non-hydrogen) atoms. The molecule has 0 aliphatic heterocycles. The van der Waals surface area contributed by atoms with E-state index in [1.54, 1.807) is 26.0 Å². The molecule has 3 rings (SSSR count). The summed E-state index contributed by atoms with van der Waals surface area (Å²) in [6.45, 7) is 6.30. The van der Waals surface area contributed by atoms with Gasteiger partial charge < -0.3 is 10.1 Å². The predicted molar refractivity (Wildman–Crippen MR) is 124 cm³/mol. The van der Waals surface area contributed by atoms with Crippen molar-refractivity contribution >= 4 is 32.4 Å². The summed E-state index contributed by atoms with van der Waals surface area (Å²) < 4.78 is 32.7. The second kappa shape index (κ2) is 9.94. The monoisotopic (exact) mass is 440 g/mol. The molecule has 0 heterocycles. The molecule has 1 amide bonds. The van der Waals surface area contributed by atoms with E-state index in [1.165, 1.54) is 16.4 Å². The van der Waals surface area contributed by atoms with Crippen molar-refractivity contribution in [3.8, 4) is 5.75 Å². The van der Waals surface area contributed by atoms with Crippen LogP contribution in [0.25, 0.3) is 10.8 Å². The number of nitrogens with one attached hydrogen (secondary N) is 1. The summed E-state index contributed by atoms with van der Waals surface area (Å²) >= 11 is 0.